The van der Waals surface area contributed by atoms with E-state index in [2.05, 4.69) is 0 Å². The van der Waals surface area contributed by atoms with Gasteiger partial charge in [0.1, 0.15) is 17.5 Å². The number of aliphatic carboxylic acids is 1. The molecule has 0 aromatic heterocycles. The number of carboxylic acids is 1. The molecule has 7 nitrogen and oxygen atoms in total. The number of hydrogen-bond acceptors (Lipinski definition) is 5. The zero-order valence-corrected chi connectivity index (χ0v) is 17.8. The predicted octanol–water partition coefficient (Wildman–Crippen LogP) is 4.00. The fourth-order valence-corrected chi connectivity index (χ4v) is 6.42. The van der Waals surface area contributed by atoms with Gasteiger partial charge in [-0.3, -0.25) is 4.79 Å². The van der Waals surface area contributed by atoms with Gasteiger partial charge in [-0.1, -0.05) is 19.3 Å². The van der Waals surface area contributed by atoms with E-state index in [1.54, 1.807) is 36.4 Å². The highest BCUT2D eigenvalue weighted by molar-refractivity contribution is 7.89. The van der Waals surface area contributed by atoms with Gasteiger partial charge in [0.2, 0.25) is 10.0 Å². The van der Waals surface area contributed by atoms with Crippen molar-refractivity contribution in [1.29, 1.82) is 5.26 Å². The maximum absolute atomic E-state index is 13.3. The topological polar surface area (TPSA) is 108 Å². The molecular weight excluding hydrogens is 416 g/mol. The van der Waals surface area contributed by atoms with Crippen LogP contribution in [-0.4, -0.2) is 36.4 Å². The predicted molar refractivity (Wildman–Crippen MR) is 113 cm³/mol. The van der Waals surface area contributed by atoms with Crippen molar-refractivity contribution >= 4 is 16.0 Å². The first kappa shape index (κ1) is 21.3. The fraction of sp³-hybridized carbons (Fsp3) is 0.391. The summed E-state index contributed by atoms with van der Waals surface area (Å²) in [6, 6.07) is 13.6. The van der Waals surface area contributed by atoms with Crippen LogP contribution in [-0.2, 0) is 14.8 Å². The van der Waals surface area contributed by atoms with E-state index in [1.165, 1.54) is 16.4 Å². The minimum absolute atomic E-state index is 0.0557. The standard InChI is InChI=1S/C23H24N2O5S/c24-15-16-5-7-18(8-6-16)30-19-9-11-20(12-10-19)31(28,29)25-14-13-17-3-1-2-4-21(17)22(25)23(26)27/h5-12,17,21-22H,1-4,13-14H2,(H,26,27). The second kappa shape index (κ2) is 8.69. The van der Waals surface area contributed by atoms with Crippen LogP contribution in [0.3, 0.4) is 0 Å². The molecule has 162 valence electrons. The van der Waals surface area contributed by atoms with Crippen molar-refractivity contribution < 1.29 is 23.1 Å². The Morgan fingerprint density at radius 3 is 2.23 bits per heavy atom. The van der Waals surface area contributed by atoms with Crippen molar-refractivity contribution in [2.75, 3.05) is 6.54 Å². The molecule has 3 unspecified atom stereocenters. The van der Waals surface area contributed by atoms with Gasteiger partial charge < -0.3 is 9.84 Å². The molecule has 1 aliphatic carbocycles. The van der Waals surface area contributed by atoms with Crippen LogP contribution in [0.15, 0.2) is 53.4 Å². The van der Waals surface area contributed by atoms with Crippen LogP contribution >= 0.6 is 0 Å². The number of nitriles is 1. The molecule has 1 saturated heterocycles. The Labute approximate surface area is 181 Å². The van der Waals surface area contributed by atoms with Gasteiger partial charge in [-0.05, 0) is 73.2 Å². The lowest BCUT2D eigenvalue weighted by Gasteiger charge is -2.44. The van der Waals surface area contributed by atoms with E-state index >= 15 is 0 Å². The van der Waals surface area contributed by atoms with Gasteiger partial charge in [-0.15, -0.1) is 0 Å². The molecule has 1 N–H and O–H groups in total. The van der Waals surface area contributed by atoms with Crippen molar-refractivity contribution in [3.05, 3.63) is 54.1 Å². The minimum atomic E-state index is -3.94. The number of hydrogen-bond donors (Lipinski definition) is 1. The summed E-state index contributed by atoms with van der Waals surface area (Å²) in [4.78, 5) is 12.1. The van der Waals surface area contributed by atoms with Gasteiger partial charge in [0, 0.05) is 6.54 Å². The molecule has 4 rings (SSSR count). The van der Waals surface area contributed by atoms with Gasteiger partial charge in [0.05, 0.1) is 16.5 Å². The molecule has 1 aliphatic heterocycles. The first-order valence-electron chi connectivity index (χ1n) is 10.4. The summed E-state index contributed by atoms with van der Waals surface area (Å²) in [5, 5.41) is 18.7. The number of rotatable bonds is 5. The second-order valence-electron chi connectivity index (χ2n) is 8.11. The lowest BCUT2D eigenvalue weighted by molar-refractivity contribution is -0.146. The molecule has 0 radical (unpaired) electrons. The van der Waals surface area contributed by atoms with E-state index in [9.17, 15) is 18.3 Å². The van der Waals surface area contributed by atoms with Crippen molar-refractivity contribution in [3.8, 4) is 17.6 Å². The number of ether oxygens (including phenoxy) is 1. The SMILES string of the molecule is N#Cc1ccc(Oc2ccc(S(=O)(=O)N3CCC4CCCCC4C3C(=O)O)cc2)cc1. The summed E-state index contributed by atoms with van der Waals surface area (Å²) < 4.78 is 33.5. The molecule has 0 amide bonds. The van der Waals surface area contributed by atoms with E-state index in [1.807, 2.05) is 6.07 Å². The zero-order valence-electron chi connectivity index (χ0n) is 17.0. The molecule has 1 saturated carbocycles. The Balaban J connectivity index is 1.54. The Morgan fingerprint density at radius 2 is 1.61 bits per heavy atom. The number of carboxylic acid groups (broad SMARTS) is 1. The fourth-order valence-electron chi connectivity index (χ4n) is 4.78. The molecule has 1 heterocycles. The van der Waals surface area contributed by atoms with Gasteiger partial charge in [-0.2, -0.15) is 9.57 Å². The first-order valence-corrected chi connectivity index (χ1v) is 11.9. The number of nitrogens with zero attached hydrogens (tertiary/aromatic N) is 2. The number of carbonyl (C=O) groups is 1. The second-order valence-corrected chi connectivity index (χ2v) is 10.00. The summed E-state index contributed by atoms with van der Waals surface area (Å²) in [7, 11) is -3.94. The number of benzene rings is 2. The van der Waals surface area contributed by atoms with E-state index in [4.69, 9.17) is 10.00 Å². The molecule has 2 aromatic rings. The Bertz CT molecular complexity index is 1090. The number of sulfonamides is 1. The quantitative estimate of drug-likeness (QED) is 0.753. The highest BCUT2D eigenvalue weighted by Crippen LogP contribution is 2.42. The number of piperidine rings is 1. The van der Waals surface area contributed by atoms with E-state index in [0.717, 1.165) is 25.7 Å². The van der Waals surface area contributed by atoms with E-state index in [-0.39, 0.29) is 23.3 Å². The molecule has 8 heteroatoms. The molecule has 3 atom stereocenters. The Hall–Kier alpha value is -2.89. The van der Waals surface area contributed by atoms with Gasteiger partial charge in [0.25, 0.3) is 0 Å². The molecule has 2 aliphatic rings. The highest BCUT2D eigenvalue weighted by atomic mass is 32.2. The third kappa shape index (κ3) is 4.29. The molecule has 0 spiro atoms. The van der Waals surface area contributed by atoms with Crippen LogP contribution in [0.4, 0.5) is 0 Å². The van der Waals surface area contributed by atoms with Crippen molar-refractivity contribution in [2.45, 2.75) is 43.0 Å². The monoisotopic (exact) mass is 440 g/mol. The van der Waals surface area contributed by atoms with Crippen LogP contribution in [0.2, 0.25) is 0 Å². The lowest BCUT2D eigenvalue weighted by Crippen LogP contribution is -2.55. The van der Waals surface area contributed by atoms with Crippen LogP contribution in [0.25, 0.3) is 0 Å². The van der Waals surface area contributed by atoms with Crippen LogP contribution in [0.5, 0.6) is 11.5 Å². The maximum atomic E-state index is 13.3. The maximum Gasteiger partial charge on any atom is 0.322 e. The van der Waals surface area contributed by atoms with Crippen molar-refractivity contribution in [1.82, 2.24) is 4.31 Å². The average Bonchev–Trinajstić information content (AvgIpc) is 2.79. The molecular formula is C23H24N2O5S. The largest absolute Gasteiger partial charge is 0.480 e. The summed E-state index contributed by atoms with van der Waals surface area (Å²) >= 11 is 0. The summed E-state index contributed by atoms with van der Waals surface area (Å²) in [6.45, 7) is 0.226. The average molecular weight is 441 g/mol. The van der Waals surface area contributed by atoms with Gasteiger partial charge in [0.15, 0.2) is 0 Å². The normalized spacial score (nSPS) is 24.0. The van der Waals surface area contributed by atoms with E-state index < -0.39 is 22.0 Å². The van der Waals surface area contributed by atoms with Gasteiger partial charge in [-0.25, -0.2) is 8.42 Å². The highest BCUT2D eigenvalue weighted by Gasteiger charge is 2.47. The van der Waals surface area contributed by atoms with Gasteiger partial charge >= 0.3 is 5.97 Å². The van der Waals surface area contributed by atoms with Crippen LogP contribution in [0, 0.1) is 23.2 Å². The van der Waals surface area contributed by atoms with Crippen molar-refractivity contribution in [2.24, 2.45) is 11.8 Å². The van der Waals surface area contributed by atoms with Crippen LogP contribution < -0.4 is 4.74 Å². The molecule has 2 fully saturated rings. The first-order chi connectivity index (χ1) is 14.9. The summed E-state index contributed by atoms with van der Waals surface area (Å²) in [5.74, 6) is 0.0588. The molecule has 31 heavy (non-hydrogen) atoms. The summed E-state index contributed by atoms with van der Waals surface area (Å²) in [5.41, 5.74) is 0.517. The van der Waals surface area contributed by atoms with Crippen LogP contribution in [0.1, 0.15) is 37.7 Å². The third-order valence-electron chi connectivity index (χ3n) is 6.31. The number of fused-ring (bicyclic) bond motifs is 1. The zero-order chi connectivity index (χ0) is 22.0. The Morgan fingerprint density at radius 1 is 1.00 bits per heavy atom. The third-order valence-corrected chi connectivity index (χ3v) is 8.20. The van der Waals surface area contributed by atoms with E-state index in [0.29, 0.717) is 23.5 Å². The summed E-state index contributed by atoms with van der Waals surface area (Å²) in [6.07, 6.45) is 4.46. The molecule has 2 aromatic carbocycles. The smallest absolute Gasteiger partial charge is 0.322 e. The minimum Gasteiger partial charge on any atom is -0.480 e. The lowest BCUT2D eigenvalue weighted by atomic mass is 9.71. The Kier molecular flexibility index (Phi) is 5.99. The van der Waals surface area contributed by atoms with Crippen molar-refractivity contribution in [3.63, 3.8) is 0 Å². The molecule has 0 bridgehead atoms.